The van der Waals surface area contributed by atoms with Gasteiger partial charge in [0.25, 0.3) is 5.91 Å². The lowest BCUT2D eigenvalue weighted by atomic mass is 10.1. The SMILES string of the molecule is Cc1ccc(C(=O)N2CCN(CCC#N)CC2)cc1I. The minimum atomic E-state index is 0.114. The van der Waals surface area contributed by atoms with Gasteiger partial charge in [-0.2, -0.15) is 5.26 Å². The molecular weight excluding hydrogens is 365 g/mol. The van der Waals surface area contributed by atoms with Gasteiger partial charge in [0.05, 0.1) is 6.07 Å². The van der Waals surface area contributed by atoms with Crippen LogP contribution in [-0.4, -0.2) is 48.4 Å². The van der Waals surface area contributed by atoms with E-state index in [4.69, 9.17) is 5.26 Å². The van der Waals surface area contributed by atoms with Crippen molar-refractivity contribution in [3.63, 3.8) is 0 Å². The van der Waals surface area contributed by atoms with Gasteiger partial charge in [0.1, 0.15) is 0 Å². The van der Waals surface area contributed by atoms with Gasteiger partial charge in [-0.3, -0.25) is 9.69 Å². The molecule has 1 aromatic carbocycles. The number of hydrogen-bond donors (Lipinski definition) is 0. The molecule has 1 heterocycles. The molecule has 0 radical (unpaired) electrons. The third-order valence-corrected chi connectivity index (χ3v) is 4.78. The molecule has 0 bridgehead atoms. The Labute approximate surface area is 133 Å². The van der Waals surface area contributed by atoms with Crippen LogP contribution >= 0.6 is 22.6 Å². The second kappa shape index (κ2) is 7.04. The Balaban J connectivity index is 1.94. The van der Waals surface area contributed by atoms with E-state index in [1.165, 1.54) is 5.56 Å². The van der Waals surface area contributed by atoms with Crippen molar-refractivity contribution in [2.75, 3.05) is 32.7 Å². The topological polar surface area (TPSA) is 47.3 Å². The van der Waals surface area contributed by atoms with E-state index in [0.29, 0.717) is 6.42 Å². The van der Waals surface area contributed by atoms with Crippen LogP contribution in [0.5, 0.6) is 0 Å². The number of nitriles is 1. The number of hydrogen-bond acceptors (Lipinski definition) is 3. The number of amides is 1. The molecule has 106 valence electrons. The Hall–Kier alpha value is -1.13. The molecule has 1 fully saturated rings. The van der Waals surface area contributed by atoms with Crippen molar-refractivity contribution in [2.45, 2.75) is 13.3 Å². The lowest BCUT2D eigenvalue weighted by molar-refractivity contribution is 0.0639. The maximum Gasteiger partial charge on any atom is 0.253 e. The first kappa shape index (κ1) is 15.3. The minimum Gasteiger partial charge on any atom is -0.336 e. The monoisotopic (exact) mass is 383 g/mol. The summed E-state index contributed by atoms with van der Waals surface area (Å²) in [5, 5.41) is 8.59. The largest absolute Gasteiger partial charge is 0.336 e. The average molecular weight is 383 g/mol. The first-order valence-electron chi connectivity index (χ1n) is 6.76. The maximum atomic E-state index is 12.4. The second-order valence-corrected chi connectivity index (χ2v) is 6.17. The summed E-state index contributed by atoms with van der Waals surface area (Å²) < 4.78 is 1.13. The Morgan fingerprint density at radius 3 is 2.65 bits per heavy atom. The maximum absolute atomic E-state index is 12.4. The van der Waals surface area contributed by atoms with Crippen LogP contribution in [0.25, 0.3) is 0 Å². The summed E-state index contributed by atoms with van der Waals surface area (Å²) in [6.07, 6.45) is 0.560. The summed E-state index contributed by atoms with van der Waals surface area (Å²) >= 11 is 2.26. The second-order valence-electron chi connectivity index (χ2n) is 5.01. The normalized spacial score (nSPS) is 15.9. The third kappa shape index (κ3) is 3.70. The van der Waals surface area contributed by atoms with Crippen molar-refractivity contribution >= 4 is 28.5 Å². The molecule has 0 atom stereocenters. The fraction of sp³-hybridized carbons (Fsp3) is 0.467. The van der Waals surface area contributed by atoms with Gasteiger partial charge in [0, 0.05) is 48.3 Å². The van der Waals surface area contributed by atoms with Crippen LogP contribution in [-0.2, 0) is 0 Å². The molecule has 1 saturated heterocycles. The van der Waals surface area contributed by atoms with E-state index in [-0.39, 0.29) is 5.91 Å². The van der Waals surface area contributed by atoms with Gasteiger partial charge in [-0.1, -0.05) is 6.07 Å². The van der Waals surface area contributed by atoms with Gasteiger partial charge < -0.3 is 4.90 Å². The Bertz CT molecular complexity index is 530. The number of benzene rings is 1. The molecule has 0 aliphatic carbocycles. The third-order valence-electron chi connectivity index (χ3n) is 3.62. The quantitative estimate of drug-likeness (QED) is 0.753. The van der Waals surface area contributed by atoms with E-state index in [1.807, 2.05) is 30.0 Å². The summed E-state index contributed by atoms with van der Waals surface area (Å²) in [6.45, 7) is 6.06. The Kier molecular flexibility index (Phi) is 5.38. The summed E-state index contributed by atoms with van der Waals surface area (Å²) in [5.41, 5.74) is 1.97. The van der Waals surface area contributed by atoms with Crippen molar-refractivity contribution in [3.05, 3.63) is 32.9 Å². The smallest absolute Gasteiger partial charge is 0.253 e. The molecule has 1 aliphatic heterocycles. The highest BCUT2D eigenvalue weighted by Gasteiger charge is 2.22. The van der Waals surface area contributed by atoms with Gasteiger partial charge in [-0.25, -0.2) is 0 Å². The van der Waals surface area contributed by atoms with Gasteiger partial charge in [0.2, 0.25) is 0 Å². The zero-order valence-electron chi connectivity index (χ0n) is 11.6. The Morgan fingerprint density at radius 1 is 1.35 bits per heavy atom. The highest BCUT2D eigenvalue weighted by Crippen LogP contribution is 2.16. The summed E-state index contributed by atoms with van der Waals surface area (Å²) in [6, 6.07) is 8.02. The van der Waals surface area contributed by atoms with E-state index in [1.54, 1.807) is 0 Å². The predicted molar refractivity (Wildman–Crippen MR) is 86.5 cm³/mol. The number of halogens is 1. The van der Waals surface area contributed by atoms with Crippen molar-refractivity contribution in [3.8, 4) is 6.07 Å². The van der Waals surface area contributed by atoms with Crippen molar-refractivity contribution in [1.29, 1.82) is 5.26 Å². The number of rotatable bonds is 3. The predicted octanol–water partition coefficient (Wildman–Crippen LogP) is 2.27. The number of aryl methyl sites for hydroxylation is 1. The van der Waals surface area contributed by atoms with Crippen LogP contribution in [0, 0.1) is 21.8 Å². The summed E-state index contributed by atoms with van der Waals surface area (Å²) in [5.74, 6) is 0.114. The molecule has 1 amide bonds. The van der Waals surface area contributed by atoms with Crippen LogP contribution in [0.15, 0.2) is 18.2 Å². The van der Waals surface area contributed by atoms with Gasteiger partial charge >= 0.3 is 0 Å². The van der Waals surface area contributed by atoms with E-state index in [0.717, 1.165) is 41.9 Å². The van der Waals surface area contributed by atoms with Crippen molar-refractivity contribution < 1.29 is 4.79 Å². The lowest BCUT2D eigenvalue weighted by Crippen LogP contribution is -2.48. The highest BCUT2D eigenvalue weighted by atomic mass is 127. The minimum absolute atomic E-state index is 0.114. The van der Waals surface area contributed by atoms with Gasteiger partial charge in [-0.15, -0.1) is 0 Å². The molecule has 1 aliphatic rings. The van der Waals surface area contributed by atoms with Gasteiger partial charge in [-0.05, 0) is 47.2 Å². The zero-order chi connectivity index (χ0) is 14.5. The van der Waals surface area contributed by atoms with E-state index < -0.39 is 0 Å². The zero-order valence-corrected chi connectivity index (χ0v) is 13.8. The fourth-order valence-electron chi connectivity index (χ4n) is 2.29. The van der Waals surface area contributed by atoms with Crippen LogP contribution in [0.4, 0.5) is 0 Å². The lowest BCUT2D eigenvalue weighted by Gasteiger charge is -2.34. The summed E-state index contributed by atoms with van der Waals surface area (Å²) in [4.78, 5) is 16.6. The van der Waals surface area contributed by atoms with E-state index in [9.17, 15) is 4.79 Å². The van der Waals surface area contributed by atoms with Crippen LogP contribution < -0.4 is 0 Å². The Morgan fingerprint density at radius 2 is 2.05 bits per heavy atom. The fourth-order valence-corrected chi connectivity index (χ4v) is 2.81. The molecular formula is C15H18IN3O. The standard InChI is InChI=1S/C15H18IN3O/c1-12-3-4-13(11-14(12)16)15(20)19-9-7-18(8-10-19)6-2-5-17/h3-4,11H,2,6-10H2,1H3. The van der Waals surface area contributed by atoms with Crippen LogP contribution in [0.2, 0.25) is 0 Å². The number of carbonyl (C=O) groups is 1. The van der Waals surface area contributed by atoms with E-state index in [2.05, 4.69) is 33.6 Å². The molecule has 2 rings (SSSR count). The molecule has 0 saturated carbocycles. The molecule has 1 aromatic rings. The summed E-state index contributed by atoms with van der Waals surface area (Å²) in [7, 11) is 0. The van der Waals surface area contributed by atoms with E-state index >= 15 is 0 Å². The molecule has 0 spiro atoms. The highest BCUT2D eigenvalue weighted by molar-refractivity contribution is 14.1. The first-order valence-corrected chi connectivity index (χ1v) is 7.84. The molecule has 5 heteroatoms. The first-order chi connectivity index (χ1) is 9.61. The average Bonchev–Trinajstić information content (AvgIpc) is 2.48. The molecule has 0 unspecified atom stereocenters. The molecule has 0 N–H and O–H groups in total. The molecule has 0 aromatic heterocycles. The molecule has 20 heavy (non-hydrogen) atoms. The van der Waals surface area contributed by atoms with Crippen LogP contribution in [0.1, 0.15) is 22.3 Å². The number of piperazine rings is 1. The number of carbonyl (C=O) groups excluding carboxylic acids is 1. The van der Waals surface area contributed by atoms with Crippen molar-refractivity contribution in [2.24, 2.45) is 0 Å². The number of nitrogens with zero attached hydrogens (tertiary/aromatic N) is 3. The molecule has 4 nitrogen and oxygen atoms in total. The van der Waals surface area contributed by atoms with Crippen LogP contribution in [0.3, 0.4) is 0 Å². The van der Waals surface area contributed by atoms with Gasteiger partial charge in [0.15, 0.2) is 0 Å². The van der Waals surface area contributed by atoms with Crippen molar-refractivity contribution in [1.82, 2.24) is 9.80 Å².